The largest absolute Gasteiger partial charge is 0.453 e. The Hall–Kier alpha value is -2.43. The molecule has 0 saturated heterocycles. The number of rotatable bonds is 3. The number of hydrogen-bond donors (Lipinski definition) is 2. The molecule has 0 unspecified atom stereocenters. The topological polar surface area (TPSA) is 106 Å². The Bertz CT molecular complexity index is 1020. The molecule has 1 heterocycles. The zero-order chi connectivity index (χ0) is 19.6. The molecule has 0 fully saturated rings. The number of nitrogens with one attached hydrogen (secondary N) is 2. The number of hydrogen-bond acceptors (Lipinski definition) is 8. The van der Waals surface area contributed by atoms with E-state index < -0.39 is 16.2 Å². The minimum atomic E-state index is -4.10. The van der Waals surface area contributed by atoms with Crippen LogP contribution in [-0.4, -0.2) is 26.8 Å². The number of carbonyl (C=O) groups excluding carboxylic acids is 1. The second-order valence-corrected chi connectivity index (χ2v) is 8.09. The number of aliphatic imine (C=N–C) groups is 1. The molecule has 1 aliphatic rings. The Balaban J connectivity index is 1.88. The maximum atomic E-state index is 12.6. The Morgan fingerprint density at radius 3 is 2.78 bits per heavy atom. The van der Waals surface area contributed by atoms with Crippen LogP contribution < -0.4 is 14.2 Å². The van der Waals surface area contributed by atoms with Crippen molar-refractivity contribution in [3.8, 4) is 5.75 Å². The van der Waals surface area contributed by atoms with Crippen LogP contribution in [0.4, 0.5) is 16.2 Å². The lowest BCUT2D eigenvalue weighted by Gasteiger charge is -2.17. The van der Waals surface area contributed by atoms with Crippen molar-refractivity contribution < 1.29 is 22.1 Å². The van der Waals surface area contributed by atoms with Gasteiger partial charge in [-0.05, 0) is 36.8 Å². The number of amides is 1. The van der Waals surface area contributed by atoms with Gasteiger partial charge >= 0.3 is 16.2 Å². The van der Waals surface area contributed by atoms with Crippen molar-refractivity contribution in [2.45, 2.75) is 11.8 Å². The van der Waals surface area contributed by atoms with Crippen LogP contribution in [0.25, 0.3) is 0 Å². The van der Waals surface area contributed by atoms with Crippen LogP contribution in [0.15, 0.2) is 46.3 Å². The van der Waals surface area contributed by atoms with Crippen LogP contribution in [0.3, 0.4) is 0 Å². The molecule has 1 amide bonds. The van der Waals surface area contributed by atoms with Gasteiger partial charge in [-0.15, -0.1) is 0 Å². The van der Waals surface area contributed by atoms with Crippen LogP contribution in [0, 0.1) is 6.92 Å². The fourth-order valence-electron chi connectivity index (χ4n) is 2.16. The average Bonchev–Trinajstić information content (AvgIpc) is 2.64. The molecule has 1 aliphatic heterocycles. The van der Waals surface area contributed by atoms with Gasteiger partial charge in [0.1, 0.15) is 4.90 Å². The summed E-state index contributed by atoms with van der Waals surface area (Å²) in [6.45, 7) is 1.70. The third kappa shape index (κ3) is 4.29. The highest BCUT2D eigenvalue weighted by Gasteiger charge is 2.23. The SMILES string of the molecule is COC(=O)NC1=Nc2ccc(S(=O)(=O)Oc3c(C)cccc3Cl)cc2NS1. The summed E-state index contributed by atoms with van der Waals surface area (Å²) in [6.07, 6.45) is -0.658. The molecule has 0 aromatic heterocycles. The van der Waals surface area contributed by atoms with Gasteiger partial charge in [0, 0.05) is 11.9 Å². The van der Waals surface area contributed by atoms with Gasteiger partial charge in [0.05, 0.1) is 23.5 Å². The number of aryl methyl sites for hydroxylation is 1. The van der Waals surface area contributed by atoms with Crippen LogP contribution in [-0.2, 0) is 14.9 Å². The molecule has 0 radical (unpaired) electrons. The van der Waals surface area contributed by atoms with E-state index in [2.05, 4.69) is 19.8 Å². The van der Waals surface area contributed by atoms with Gasteiger partial charge < -0.3 is 13.6 Å². The number of halogens is 1. The van der Waals surface area contributed by atoms with Crippen LogP contribution in [0.1, 0.15) is 5.56 Å². The van der Waals surface area contributed by atoms with Crippen molar-refractivity contribution >= 4 is 56.3 Å². The van der Waals surface area contributed by atoms with Gasteiger partial charge in [0.15, 0.2) is 10.9 Å². The van der Waals surface area contributed by atoms with Crippen LogP contribution in [0.2, 0.25) is 5.02 Å². The van der Waals surface area contributed by atoms with E-state index >= 15 is 0 Å². The molecule has 11 heteroatoms. The lowest BCUT2D eigenvalue weighted by atomic mass is 10.2. The number of para-hydroxylation sites is 1. The van der Waals surface area contributed by atoms with E-state index in [1.54, 1.807) is 25.1 Å². The number of carbonyl (C=O) groups is 1. The maximum Gasteiger partial charge on any atom is 0.412 e. The lowest BCUT2D eigenvalue weighted by molar-refractivity contribution is 0.177. The molecule has 2 N–H and O–H groups in total. The number of nitrogens with zero attached hydrogens (tertiary/aromatic N) is 1. The van der Waals surface area contributed by atoms with Gasteiger partial charge in [0.2, 0.25) is 0 Å². The molecule has 0 saturated carbocycles. The number of anilines is 1. The van der Waals surface area contributed by atoms with Gasteiger partial charge in [-0.3, -0.25) is 5.32 Å². The van der Waals surface area contributed by atoms with E-state index in [0.29, 0.717) is 16.9 Å². The second-order valence-electron chi connectivity index (χ2n) is 5.34. The van der Waals surface area contributed by atoms with Crippen molar-refractivity contribution in [1.82, 2.24) is 5.32 Å². The zero-order valence-corrected chi connectivity index (χ0v) is 16.5. The highest BCUT2D eigenvalue weighted by atomic mass is 35.5. The van der Waals surface area contributed by atoms with E-state index in [1.807, 2.05) is 0 Å². The van der Waals surface area contributed by atoms with Crippen LogP contribution >= 0.6 is 23.5 Å². The molecule has 27 heavy (non-hydrogen) atoms. The summed E-state index contributed by atoms with van der Waals surface area (Å²) < 4.78 is 37.9. The van der Waals surface area contributed by atoms with E-state index in [0.717, 1.165) is 11.9 Å². The zero-order valence-electron chi connectivity index (χ0n) is 14.1. The first-order valence-corrected chi connectivity index (χ1v) is 10.1. The lowest BCUT2D eigenvalue weighted by Crippen LogP contribution is -2.29. The minimum absolute atomic E-state index is 0.0618. The monoisotopic (exact) mass is 427 g/mol. The maximum absolute atomic E-state index is 12.6. The average molecular weight is 428 g/mol. The number of alkyl carbamates (subject to hydrolysis) is 1. The number of fused-ring (bicyclic) bond motifs is 1. The summed E-state index contributed by atoms with van der Waals surface area (Å²) in [5.41, 5.74) is 1.50. The Morgan fingerprint density at radius 2 is 2.07 bits per heavy atom. The van der Waals surface area contributed by atoms with Gasteiger partial charge in [-0.1, -0.05) is 23.7 Å². The van der Waals surface area contributed by atoms with Crippen molar-refractivity contribution in [2.75, 3.05) is 11.8 Å². The molecule has 8 nitrogen and oxygen atoms in total. The standard InChI is InChI=1S/C16H14ClN3O5S2/c1-9-4-3-5-11(17)14(9)25-27(22,23)10-6-7-12-13(8-10)20-26-15(18-12)19-16(21)24-2/h3-8,20H,1-2H3,(H,18,19,21). The summed E-state index contributed by atoms with van der Waals surface area (Å²) >= 11 is 7.05. The van der Waals surface area contributed by atoms with Crippen molar-refractivity contribution in [3.05, 3.63) is 47.0 Å². The van der Waals surface area contributed by atoms with E-state index in [4.69, 9.17) is 15.8 Å². The van der Waals surface area contributed by atoms with E-state index in [1.165, 1.54) is 25.3 Å². The predicted molar refractivity (Wildman–Crippen MR) is 104 cm³/mol. The number of methoxy groups -OCH3 is 1. The third-order valence-electron chi connectivity index (χ3n) is 3.49. The van der Waals surface area contributed by atoms with Crippen LogP contribution in [0.5, 0.6) is 5.75 Å². The second kappa shape index (κ2) is 7.67. The Kier molecular flexibility index (Phi) is 5.49. The summed E-state index contributed by atoms with van der Waals surface area (Å²) in [4.78, 5) is 15.4. The molecule has 0 spiro atoms. The van der Waals surface area contributed by atoms with Gasteiger partial charge in [0.25, 0.3) is 0 Å². The molecule has 142 valence electrons. The number of amidine groups is 1. The van der Waals surface area contributed by atoms with E-state index in [9.17, 15) is 13.2 Å². The molecule has 0 atom stereocenters. The smallest absolute Gasteiger partial charge is 0.412 e. The first-order valence-electron chi connectivity index (χ1n) is 7.50. The Morgan fingerprint density at radius 1 is 1.30 bits per heavy atom. The molecule has 2 aromatic carbocycles. The molecular weight excluding hydrogens is 414 g/mol. The highest BCUT2D eigenvalue weighted by Crippen LogP contribution is 2.36. The summed E-state index contributed by atoms with van der Waals surface area (Å²) in [5, 5.41) is 2.90. The summed E-state index contributed by atoms with van der Waals surface area (Å²) in [5.74, 6) is 0.0850. The fraction of sp³-hybridized carbons (Fsp3) is 0.125. The first kappa shape index (κ1) is 19.3. The summed E-state index contributed by atoms with van der Waals surface area (Å²) in [6, 6.07) is 9.20. The minimum Gasteiger partial charge on any atom is -0.453 e. The van der Waals surface area contributed by atoms with Crippen molar-refractivity contribution in [2.24, 2.45) is 4.99 Å². The quantitative estimate of drug-likeness (QED) is 0.566. The number of ether oxygens (including phenoxy) is 1. The predicted octanol–water partition coefficient (Wildman–Crippen LogP) is 3.83. The number of benzene rings is 2. The molecule has 3 rings (SSSR count). The summed E-state index contributed by atoms with van der Waals surface area (Å²) in [7, 11) is -2.86. The fourth-order valence-corrected chi connectivity index (χ4v) is 4.15. The van der Waals surface area contributed by atoms with Crippen molar-refractivity contribution in [3.63, 3.8) is 0 Å². The molecule has 2 aromatic rings. The highest BCUT2D eigenvalue weighted by molar-refractivity contribution is 8.15. The van der Waals surface area contributed by atoms with Gasteiger partial charge in [-0.25, -0.2) is 9.79 Å². The first-order chi connectivity index (χ1) is 12.8. The van der Waals surface area contributed by atoms with Gasteiger partial charge in [-0.2, -0.15) is 8.42 Å². The van der Waals surface area contributed by atoms with Crippen molar-refractivity contribution in [1.29, 1.82) is 0 Å². The molecular formula is C16H14ClN3O5S2. The third-order valence-corrected chi connectivity index (χ3v) is 5.71. The normalized spacial score (nSPS) is 13.1. The molecule has 0 aliphatic carbocycles. The van der Waals surface area contributed by atoms with E-state index in [-0.39, 0.29) is 20.8 Å². The molecule has 0 bridgehead atoms. The Labute approximate surface area is 165 Å².